The van der Waals surface area contributed by atoms with Crippen LogP contribution in [-0.2, 0) is 13.6 Å². The third-order valence-corrected chi connectivity index (χ3v) is 4.30. The van der Waals surface area contributed by atoms with Crippen LogP contribution in [0.5, 0.6) is 5.75 Å². The van der Waals surface area contributed by atoms with Crippen molar-refractivity contribution in [2.75, 3.05) is 26.7 Å². The molecular weight excluding hydrogens is 500 g/mol. The Morgan fingerprint density at radius 3 is 2.60 bits per heavy atom. The Morgan fingerprint density at radius 2 is 2.00 bits per heavy atom. The molecular formula is C21H33FIN5O2. The molecule has 168 valence electrons. The monoisotopic (exact) mass is 533 g/mol. The average Bonchev–Trinajstić information content (AvgIpc) is 3.05. The van der Waals surface area contributed by atoms with E-state index in [1.165, 1.54) is 24.3 Å². The number of guanidine groups is 1. The fourth-order valence-corrected chi connectivity index (χ4v) is 2.93. The van der Waals surface area contributed by atoms with Crippen LogP contribution in [0, 0.1) is 5.82 Å². The molecule has 0 amide bonds. The Hall–Kier alpha value is -1.88. The van der Waals surface area contributed by atoms with Gasteiger partial charge in [0.25, 0.3) is 0 Å². The number of ether oxygens (including phenoxy) is 1. The summed E-state index contributed by atoms with van der Waals surface area (Å²) in [5, 5.41) is 18.0. The molecule has 0 saturated heterocycles. The smallest absolute Gasteiger partial charge is 0.194 e. The van der Waals surface area contributed by atoms with Gasteiger partial charge in [-0.3, -0.25) is 9.67 Å². The number of aliphatic imine (C=N–C) groups is 1. The maximum atomic E-state index is 12.9. The van der Waals surface area contributed by atoms with Crippen molar-refractivity contribution < 1.29 is 14.2 Å². The fourth-order valence-electron chi connectivity index (χ4n) is 2.93. The summed E-state index contributed by atoms with van der Waals surface area (Å²) in [6.07, 6.45) is 1.26. The maximum Gasteiger partial charge on any atom is 0.194 e. The molecule has 2 aromatic rings. The van der Waals surface area contributed by atoms with Crippen LogP contribution in [0.1, 0.15) is 37.9 Å². The number of halogens is 2. The standard InChI is InChI=1S/C21H32FN5O2.HI/c1-6-23-21(26(4)12-16-13-27(5)25-20(16)15(2)3)24-11-18(28)14-29-19-9-7-17(22)8-10-19;/h7-10,13,15,18,28H,6,11-12,14H2,1-5H3,(H,23,24);1H. The van der Waals surface area contributed by atoms with Crippen LogP contribution in [0.3, 0.4) is 0 Å². The van der Waals surface area contributed by atoms with E-state index in [2.05, 4.69) is 29.3 Å². The first-order valence-corrected chi connectivity index (χ1v) is 9.88. The lowest BCUT2D eigenvalue weighted by atomic mass is 10.1. The highest BCUT2D eigenvalue weighted by molar-refractivity contribution is 14.0. The zero-order chi connectivity index (χ0) is 21.4. The van der Waals surface area contributed by atoms with Crippen LogP contribution < -0.4 is 10.1 Å². The Bertz CT molecular complexity index is 795. The molecule has 1 aromatic carbocycles. The van der Waals surface area contributed by atoms with Crippen molar-refractivity contribution >= 4 is 29.9 Å². The van der Waals surface area contributed by atoms with Crippen LogP contribution in [-0.4, -0.2) is 58.6 Å². The number of aromatic nitrogens is 2. The lowest BCUT2D eigenvalue weighted by Crippen LogP contribution is -2.39. The highest BCUT2D eigenvalue weighted by Crippen LogP contribution is 2.18. The van der Waals surface area contributed by atoms with Crippen molar-refractivity contribution in [3.63, 3.8) is 0 Å². The molecule has 1 unspecified atom stereocenters. The first-order chi connectivity index (χ1) is 13.8. The number of hydrogen-bond acceptors (Lipinski definition) is 4. The minimum absolute atomic E-state index is 0. The van der Waals surface area contributed by atoms with Gasteiger partial charge in [0.1, 0.15) is 24.3 Å². The van der Waals surface area contributed by atoms with Gasteiger partial charge in [0.05, 0.1) is 12.2 Å². The van der Waals surface area contributed by atoms with Crippen molar-refractivity contribution in [1.82, 2.24) is 20.0 Å². The van der Waals surface area contributed by atoms with Gasteiger partial charge < -0.3 is 20.1 Å². The summed E-state index contributed by atoms with van der Waals surface area (Å²) in [7, 11) is 3.88. The number of rotatable bonds is 9. The summed E-state index contributed by atoms with van der Waals surface area (Å²) in [6, 6.07) is 5.71. The SMILES string of the molecule is CCNC(=NCC(O)COc1ccc(F)cc1)N(C)Cc1cn(C)nc1C(C)C.I. The highest BCUT2D eigenvalue weighted by atomic mass is 127. The molecule has 9 heteroatoms. The van der Waals surface area contributed by atoms with Crippen molar-refractivity contribution in [1.29, 1.82) is 0 Å². The molecule has 0 spiro atoms. The van der Waals surface area contributed by atoms with E-state index in [1.54, 1.807) is 0 Å². The third-order valence-electron chi connectivity index (χ3n) is 4.30. The van der Waals surface area contributed by atoms with Crippen molar-refractivity contribution in [3.05, 3.63) is 47.5 Å². The second kappa shape index (κ2) is 12.7. The zero-order valence-corrected chi connectivity index (χ0v) is 20.6. The van der Waals surface area contributed by atoms with E-state index in [0.29, 0.717) is 24.2 Å². The highest BCUT2D eigenvalue weighted by Gasteiger charge is 2.15. The average molecular weight is 533 g/mol. The predicted molar refractivity (Wildman–Crippen MR) is 128 cm³/mol. The molecule has 1 heterocycles. The number of aryl methyl sites for hydroxylation is 1. The quantitative estimate of drug-likeness (QED) is 0.295. The first kappa shape index (κ1) is 26.2. The Morgan fingerprint density at radius 1 is 1.33 bits per heavy atom. The number of nitrogens with one attached hydrogen (secondary N) is 1. The normalized spacial score (nSPS) is 12.5. The summed E-state index contributed by atoms with van der Waals surface area (Å²) in [6.45, 7) is 7.91. The van der Waals surface area contributed by atoms with Crippen molar-refractivity contribution in [3.8, 4) is 5.75 Å². The lowest BCUT2D eigenvalue weighted by molar-refractivity contribution is 0.114. The van der Waals surface area contributed by atoms with Crippen LogP contribution in [0.2, 0.25) is 0 Å². The van der Waals surface area contributed by atoms with Gasteiger partial charge in [0.15, 0.2) is 5.96 Å². The molecule has 0 radical (unpaired) electrons. The molecule has 1 atom stereocenters. The van der Waals surface area contributed by atoms with Gasteiger partial charge in [-0.25, -0.2) is 4.39 Å². The van der Waals surface area contributed by atoms with E-state index in [-0.39, 0.29) is 42.9 Å². The van der Waals surface area contributed by atoms with E-state index < -0.39 is 6.10 Å². The summed E-state index contributed by atoms with van der Waals surface area (Å²) < 4.78 is 20.2. The summed E-state index contributed by atoms with van der Waals surface area (Å²) in [5.41, 5.74) is 2.22. The van der Waals surface area contributed by atoms with Crippen LogP contribution >= 0.6 is 24.0 Å². The lowest BCUT2D eigenvalue weighted by Gasteiger charge is -2.23. The second-order valence-corrected chi connectivity index (χ2v) is 7.34. The number of aliphatic hydroxyl groups excluding tert-OH is 1. The van der Waals surface area contributed by atoms with Gasteiger partial charge in [-0.05, 0) is 37.1 Å². The van der Waals surface area contributed by atoms with Gasteiger partial charge in [0.2, 0.25) is 0 Å². The van der Waals surface area contributed by atoms with Gasteiger partial charge in [-0.1, -0.05) is 13.8 Å². The first-order valence-electron chi connectivity index (χ1n) is 9.88. The Balaban J connectivity index is 0.00000450. The fraction of sp³-hybridized carbons (Fsp3) is 0.524. The molecule has 0 aliphatic rings. The van der Waals surface area contributed by atoms with E-state index in [1.807, 2.05) is 36.8 Å². The van der Waals surface area contributed by atoms with Gasteiger partial charge in [-0.15, -0.1) is 24.0 Å². The maximum absolute atomic E-state index is 12.9. The summed E-state index contributed by atoms with van der Waals surface area (Å²) in [4.78, 5) is 6.55. The molecule has 2 rings (SSSR count). The van der Waals surface area contributed by atoms with Crippen molar-refractivity contribution in [2.24, 2.45) is 12.0 Å². The predicted octanol–water partition coefficient (Wildman–Crippen LogP) is 3.14. The molecule has 30 heavy (non-hydrogen) atoms. The molecule has 7 nitrogen and oxygen atoms in total. The molecule has 2 N–H and O–H groups in total. The van der Waals surface area contributed by atoms with E-state index in [4.69, 9.17) is 4.74 Å². The largest absolute Gasteiger partial charge is 0.491 e. The molecule has 0 fully saturated rings. The zero-order valence-electron chi connectivity index (χ0n) is 18.3. The minimum atomic E-state index is -0.772. The summed E-state index contributed by atoms with van der Waals surface area (Å²) in [5.74, 6) is 1.22. The number of aliphatic hydroxyl groups is 1. The summed E-state index contributed by atoms with van der Waals surface area (Å²) >= 11 is 0. The van der Waals surface area contributed by atoms with E-state index >= 15 is 0 Å². The van der Waals surface area contributed by atoms with Gasteiger partial charge in [-0.2, -0.15) is 5.10 Å². The molecule has 0 bridgehead atoms. The molecule has 0 aliphatic carbocycles. The number of benzene rings is 1. The Kier molecular flexibility index (Phi) is 11.1. The molecule has 0 aliphatic heterocycles. The third kappa shape index (κ3) is 8.10. The van der Waals surface area contributed by atoms with E-state index in [9.17, 15) is 9.50 Å². The van der Waals surface area contributed by atoms with Crippen LogP contribution in [0.4, 0.5) is 4.39 Å². The van der Waals surface area contributed by atoms with Crippen LogP contribution in [0.25, 0.3) is 0 Å². The van der Waals surface area contributed by atoms with E-state index in [0.717, 1.165) is 17.8 Å². The van der Waals surface area contributed by atoms with Gasteiger partial charge in [0, 0.05) is 38.9 Å². The number of hydrogen-bond donors (Lipinski definition) is 2. The molecule has 1 aromatic heterocycles. The van der Waals surface area contributed by atoms with Crippen molar-refractivity contribution in [2.45, 2.75) is 39.3 Å². The minimum Gasteiger partial charge on any atom is -0.491 e. The Labute approximate surface area is 195 Å². The van der Waals surface area contributed by atoms with Gasteiger partial charge >= 0.3 is 0 Å². The second-order valence-electron chi connectivity index (χ2n) is 7.34. The van der Waals surface area contributed by atoms with Crippen LogP contribution in [0.15, 0.2) is 35.5 Å². The topological polar surface area (TPSA) is 74.9 Å². The molecule has 0 saturated carbocycles. The number of nitrogens with zero attached hydrogens (tertiary/aromatic N) is 4.